The maximum Gasteiger partial charge on any atom is 0.417 e. The van der Waals surface area contributed by atoms with Crippen molar-refractivity contribution in [3.63, 3.8) is 0 Å². The fourth-order valence-electron chi connectivity index (χ4n) is 2.92. The number of anilines is 2. The Hall–Kier alpha value is -3.44. The molecule has 0 aromatic heterocycles. The fourth-order valence-corrected chi connectivity index (χ4v) is 4.19. The number of sulfonamides is 1. The standard InChI is InChI=1S/C22H18ClF3N2O5S/c1-32-19-10-3-13(11-20(19)33-2)21(29)27-14-4-7-16(8-5-14)34(30,31)28-15-6-9-18(23)17(12-15)22(24,25)26/h3-12,28H,1-2H3,(H,27,29). The number of carbonyl (C=O) groups excluding carboxylic acids is 1. The van der Waals surface area contributed by atoms with Gasteiger partial charge in [-0.2, -0.15) is 13.2 Å². The summed E-state index contributed by atoms with van der Waals surface area (Å²) in [6.07, 6.45) is -4.74. The second-order valence-corrected chi connectivity index (χ2v) is 8.94. The molecule has 0 heterocycles. The number of hydrogen-bond donors (Lipinski definition) is 2. The molecular weight excluding hydrogens is 497 g/mol. The largest absolute Gasteiger partial charge is 0.493 e. The predicted molar refractivity (Wildman–Crippen MR) is 121 cm³/mol. The molecule has 0 spiro atoms. The molecule has 3 aromatic carbocycles. The topological polar surface area (TPSA) is 93.7 Å². The van der Waals surface area contributed by atoms with E-state index in [1.54, 1.807) is 6.07 Å². The summed E-state index contributed by atoms with van der Waals surface area (Å²) in [5.41, 5.74) is -0.894. The molecule has 2 N–H and O–H groups in total. The molecule has 0 saturated heterocycles. The highest BCUT2D eigenvalue weighted by molar-refractivity contribution is 7.92. The molecule has 3 rings (SSSR count). The molecule has 7 nitrogen and oxygen atoms in total. The van der Waals surface area contributed by atoms with Crippen LogP contribution in [0.5, 0.6) is 11.5 Å². The van der Waals surface area contributed by atoms with E-state index >= 15 is 0 Å². The smallest absolute Gasteiger partial charge is 0.417 e. The lowest BCUT2D eigenvalue weighted by Gasteiger charge is -2.13. The Balaban J connectivity index is 1.75. The number of nitrogens with one attached hydrogen (secondary N) is 2. The molecule has 0 aliphatic heterocycles. The van der Waals surface area contributed by atoms with E-state index in [2.05, 4.69) is 10.0 Å². The van der Waals surface area contributed by atoms with Crippen LogP contribution >= 0.6 is 11.6 Å². The number of halogens is 4. The molecule has 0 unspecified atom stereocenters. The number of benzene rings is 3. The van der Waals surface area contributed by atoms with E-state index in [-0.39, 0.29) is 16.1 Å². The summed E-state index contributed by atoms with van der Waals surface area (Å²) >= 11 is 5.56. The predicted octanol–water partition coefficient (Wildman–Crippen LogP) is 5.43. The van der Waals surface area contributed by atoms with Crippen molar-refractivity contribution in [3.05, 3.63) is 76.8 Å². The third kappa shape index (κ3) is 5.72. The average Bonchev–Trinajstić information content (AvgIpc) is 2.79. The van der Waals surface area contributed by atoms with Crippen LogP contribution in [-0.4, -0.2) is 28.5 Å². The van der Waals surface area contributed by atoms with Crippen molar-refractivity contribution >= 4 is 38.9 Å². The molecule has 34 heavy (non-hydrogen) atoms. The van der Waals surface area contributed by atoms with E-state index in [0.29, 0.717) is 23.3 Å². The first-order chi connectivity index (χ1) is 15.9. The van der Waals surface area contributed by atoms with Crippen molar-refractivity contribution in [2.75, 3.05) is 24.3 Å². The minimum atomic E-state index is -4.74. The molecule has 0 fully saturated rings. The van der Waals surface area contributed by atoms with Gasteiger partial charge in [-0.1, -0.05) is 11.6 Å². The number of methoxy groups -OCH3 is 2. The lowest BCUT2D eigenvalue weighted by Crippen LogP contribution is -2.15. The van der Waals surface area contributed by atoms with Gasteiger partial charge in [-0.25, -0.2) is 8.42 Å². The van der Waals surface area contributed by atoms with Gasteiger partial charge in [0, 0.05) is 16.9 Å². The van der Waals surface area contributed by atoms with Crippen LogP contribution in [-0.2, 0) is 16.2 Å². The Kier molecular flexibility index (Phi) is 7.27. The highest BCUT2D eigenvalue weighted by Gasteiger charge is 2.33. The van der Waals surface area contributed by atoms with Gasteiger partial charge in [0.25, 0.3) is 15.9 Å². The van der Waals surface area contributed by atoms with Gasteiger partial charge >= 0.3 is 6.18 Å². The molecule has 0 saturated carbocycles. The Labute approximate surface area is 198 Å². The normalized spacial score (nSPS) is 11.6. The first-order valence-corrected chi connectivity index (χ1v) is 11.3. The Morgan fingerprint density at radius 3 is 2.09 bits per heavy atom. The Morgan fingerprint density at radius 2 is 1.50 bits per heavy atom. The molecule has 1 amide bonds. The van der Waals surface area contributed by atoms with Gasteiger partial charge < -0.3 is 14.8 Å². The molecule has 12 heteroatoms. The Morgan fingerprint density at radius 1 is 0.882 bits per heavy atom. The van der Waals surface area contributed by atoms with Crippen LogP contribution in [0.1, 0.15) is 15.9 Å². The van der Waals surface area contributed by atoms with Crippen LogP contribution in [0.3, 0.4) is 0 Å². The molecular formula is C22H18ClF3N2O5S. The van der Waals surface area contributed by atoms with Crippen molar-refractivity contribution in [3.8, 4) is 11.5 Å². The first kappa shape index (κ1) is 25.2. The van der Waals surface area contributed by atoms with Crippen LogP contribution in [0.4, 0.5) is 24.5 Å². The summed E-state index contributed by atoms with van der Waals surface area (Å²) in [7, 11) is -1.31. The highest BCUT2D eigenvalue weighted by Crippen LogP contribution is 2.36. The molecule has 0 bridgehead atoms. The van der Waals surface area contributed by atoms with Gasteiger partial charge in [-0.15, -0.1) is 0 Å². The van der Waals surface area contributed by atoms with E-state index in [1.165, 1.54) is 50.6 Å². The van der Waals surface area contributed by atoms with E-state index < -0.39 is 32.7 Å². The SMILES string of the molecule is COc1ccc(C(=O)Nc2ccc(S(=O)(=O)Nc3ccc(Cl)c(C(F)(F)F)c3)cc2)cc1OC. The van der Waals surface area contributed by atoms with Crippen molar-refractivity contribution in [2.24, 2.45) is 0 Å². The zero-order chi connectivity index (χ0) is 25.1. The average molecular weight is 515 g/mol. The van der Waals surface area contributed by atoms with Crippen LogP contribution < -0.4 is 19.5 Å². The van der Waals surface area contributed by atoms with Crippen molar-refractivity contribution < 1.29 is 35.9 Å². The molecule has 0 aliphatic rings. The highest BCUT2D eigenvalue weighted by atomic mass is 35.5. The van der Waals surface area contributed by atoms with Gasteiger partial charge in [0.15, 0.2) is 11.5 Å². The van der Waals surface area contributed by atoms with Crippen molar-refractivity contribution in [1.82, 2.24) is 0 Å². The third-order valence-electron chi connectivity index (χ3n) is 4.59. The van der Waals surface area contributed by atoms with Crippen LogP contribution in [0.25, 0.3) is 0 Å². The molecule has 3 aromatic rings. The molecule has 180 valence electrons. The summed E-state index contributed by atoms with van der Waals surface area (Å²) in [4.78, 5) is 12.3. The lowest BCUT2D eigenvalue weighted by molar-refractivity contribution is -0.137. The van der Waals surface area contributed by atoms with Gasteiger partial charge in [0.1, 0.15) is 0 Å². The minimum absolute atomic E-state index is 0.222. The lowest BCUT2D eigenvalue weighted by atomic mass is 10.2. The molecule has 0 atom stereocenters. The summed E-state index contributed by atoms with van der Waals surface area (Å²) in [6, 6.07) is 12.3. The maximum absolute atomic E-state index is 13.0. The number of alkyl halides is 3. The minimum Gasteiger partial charge on any atom is -0.493 e. The number of rotatable bonds is 7. The monoisotopic (exact) mass is 514 g/mol. The van der Waals surface area contributed by atoms with Gasteiger partial charge in [-0.3, -0.25) is 9.52 Å². The number of ether oxygens (including phenoxy) is 2. The van der Waals surface area contributed by atoms with E-state index in [4.69, 9.17) is 21.1 Å². The quantitative estimate of drug-likeness (QED) is 0.438. The summed E-state index contributed by atoms with van der Waals surface area (Å²) in [5.74, 6) is 0.332. The molecule has 0 radical (unpaired) electrons. The van der Waals surface area contributed by atoms with Gasteiger partial charge in [-0.05, 0) is 60.7 Å². The number of hydrogen-bond acceptors (Lipinski definition) is 5. The van der Waals surface area contributed by atoms with Crippen LogP contribution in [0, 0.1) is 0 Å². The van der Waals surface area contributed by atoms with Crippen LogP contribution in [0.15, 0.2) is 65.6 Å². The number of amides is 1. The second kappa shape index (κ2) is 9.82. The first-order valence-electron chi connectivity index (χ1n) is 9.47. The molecule has 0 aliphatic carbocycles. The third-order valence-corrected chi connectivity index (χ3v) is 6.32. The van der Waals surface area contributed by atoms with E-state index in [1.807, 2.05) is 0 Å². The second-order valence-electron chi connectivity index (χ2n) is 6.85. The fraction of sp³-hybridized carbons (Fsp3) is 0.136. The summed E-state index contributed by atoms with van der Waals surface area (Å²) < 4.78 is 76.6. The summed E-state index contributed by atoms with van der Waals surface area (Å²) in [6.45, 7) is 0. The van der Waals surface area contributed by atoms with Crippen molar-refractivity contribution in [1.29, 1.82) is 0 Å². The van der Waals surface area contributed by atoms with Crippen molar-refractivity contribution in [2.45, 2.75) is 11.1 Å². The summed E-state index contributed by atoms with van der Waals surface area (Å²) in [5, 5.41) is 2.06. The maximum atomic E-state index is 13.0. The van der Waals surface area contributed by atoms with Crippen LogP contribution in [0.2, 0.25) is 5.02 Å². The Bertz CT molecular complexity index is 1310. The number of carbonyl (C=O) groups is 1. The zero-order valence-corrected chi connectivity index (χ0v) is 19.3. The van der Waals surface area contributed by atoms with E-state index in [0.717, 1.165) is 12.1 Å². The van der Waals surface area contributed by atoms with Gasteiger partial charge in [0.05, 0.1) is 29.7 Å². The van der Waals surface area contributed by atoms with Gasteiger partial charge in [0.2, 0.25) is 0 Å². The zero-order valence-electron chi connectivity index (χ0n) is 17.7. The van der Waals surface area contributed by atoms with E-state index in [9.17, 15) is 26.4 Å².